The number of nitrogens with two attached hydrogens (primary N) is 3. The number of carbonyl (C=O) groups is 1. The summed E-state index contributed by atoms with van der Waals surface area (Å²) in [5.74, 6) is 0.0932. The minimum Gasteiger partial charge on any atom is -0.486 e. The van der Waals surface area contributed by atoms with Crippen molar-refractivity contribution >= 4 is 35.0 Å². The van der Waals surface area contributed by atoms with Gasteiger partial charge in [0.05, 0.1) is 16.3 Å². The molecule has 0 atom stereocenters. The summed E-state index contributed by atoms with van der Waals surface area (Å²) in [6.07, 6.45) is 0. The maximum atomic E-state index is 13.0. The van der Waals surface area contributed by atoms with Gasteiger partial charge in [-0.2, -0.15) is 4.99 Å². The zero-order valence-corrected chi connectivity index (χ0v) is 14.4. The van der Waals surface area contributed by atoms with E-state index in [-0.39, 0.29) is 29.0 Å². The molecule has 26 heavy (non-hydrogen) atoms. The average Bonchev–Trinajstić information content (AvgIpc) is 2.60. The molecule has 3 rings (SSSR count). The molecule has 0 bridgehead atoms. The first-order chi connectivity index (χ1) is 12.5. The van der Waals surface area contributed by atoms with E-state index in [4.69, 9.17) is 38.3 Å². The molecule has 0 saturated carbocycles. The maximum absolute atomic E-state index is 13.0. The van der Waals surface area contributed by atoms with Gasteiger partial charge in [0.25, 0.3) is 0 Å². The lowest BCUT2D eigenvalue weighted by atomic mass is 10.0. The smallest absolute Gasteiger partial charge is 0.223 e. The highest BCUT2D eigenvalue weighted by atomic mass is 35.5. The molecule has 0 aliphatic carbocycles. The normalized spacial score (nSPS) is 13.2. The first-order valence-electron chi connectivity index (χ1n) is 7.62. The number of fused-ring (bicyclic) bond motifs is 1. The summed E-state index contributed by atoms with van der Waals surface area (Å²) in [7, 11) is 0. The summed E-state index contributed by atoms with van der Waals surface area (Å²) < 4.78 is 11.1. The van der Waals surface area contributed by atoms with Crippen molar-refractivity contribution in [3.8, 4) is 11.5 Å². The van der Waals surface area contributed by atoms with Crippen molar-refractivity contribution in [3.63, 3.8) is 0 Å². The van der Waals surface area contributed by atoms with E-state index in [0.29, 0.717) is 35.3 Å². The zero-order chi connectivity index (χ0) is 18.7. The highest BCUT2D eigenvalue weighted by Crippen LogP contribution is 2.38. The van der Waals surface area contributed by atoms with Crippen LogP contribution in [0.3, 0.4) is 0 Å². The van der Waals surface area contributed by atoms with Crippen LogP contribution in [-0.2, 0) is 0 Å². The molecule has 1 heterocycles. The van der Waals surface area contributed by atoms with Gasteiger partial charge < -0.3 is 26.7 Å². The van der Waals surface area contributed by atoms with Crippen molar-refractivity contribution in [2.75, 3.05) is 13.2 Å². The van der Waals surface area contributed by atoms with Crippen LogP contribution < -0.4 is 26.7 Å². The van der Waals surface area contributed by atoms with Gasteiger partial charge >= 0.3 is 0 Å². The van der Waals surface area contributed by atoms with Gasteiger partial charge in [-0.1, -0.05) is 23.7 Å². The van der Waals surface area contributed by atoms with E-state index < -0.39 is 0 Å². The molecule has 0 saturated heterocycles. The molecule has 1 aliphatic heterocycles. The summed E-state index contributed by atoms with van der Waals surface area (Å²) in [5.41, 5.74) is 17.1. The third kappa shape index (κ3) is 3.70. The molecule has 8 nitrogen and oxygen atoms in total. The molecule has 134 valence electrons. The summed E-state index contributed by atoms with van der Waals surface area (Å²) in [5, 5.41) is 0.319. The monoisotopic (exact) mass is 373 g/mol. The SMILES string of the molecule is NC(N)=NC(N)=Nc1cc2c(cc1C(=O)c1ccccc1Cl)OCCO2. The fourth-order valence-corrected chi connectivity index (χ4v) is 2.65. The maximum Gasteiger partial charge on any atom is 0.223 e. The van der Waals surface area contributed by atoms with Crippen LogP contribution in [0.15, 0.2) is 46.4 Å². The van der Waals surface area contributed by atoms with Crippen molar-refractivity contribution in [1.82, 2.24) is 0 Å². The Bertz CT molecular complexity index is 923. The van der Waals surface area contributed by atoms with Crippen LogP contribution in [0, 0.1) is 0 Å². The van der Waals surface area contributed by atoms with Gasteiger partial charge in [-0.3, -0.25) is 4.79 Å². The highest BCUT2D eigenvalue weighted by Gasteiger charge is 2.22. The van der Waals surface area contributed by atoms with Gasteiger partial charge in [0.1, 0.15) is 13.2 Å². The van der Waals surface area contributed by atoms with Crippen LogP contribution in [0.2, 0.25) is 5.02 Å². The second kappa shape index (κ2) is 7.32. The topological polar surface area (TPSA) is 138 Å². The number of nitrogens with zero attached hydrogens (tertiary/aromatic N) is 2. The van der Waals surface area contributed by atoms with Gasteiger partial charge in [-0.05, 0) is 18.2 Å². The average molecular weight is 374 g/mol. The van der Waals surface area contributed by atoms with E-state index in [1.54, 1.807) is 36.4 Å². The number of hydrogen-bond acceptors (Lipinski definition) is 4. The molecule has 0 unspecified atom stereocenters. The lowest BCUT2D eigenvalue weighted by Gasteiger charge is -2.20. The lowest BCUT2D eigenvalue weighted by molar-refractivity contribution is 0.103. The fraction of sp³-hybridized carbons (Fsp3) is 0.118. The van der Waals surface area contributed by atoms with Gasteiger partial charge in [0.15, 0.2) is 23.2 Å². The number of benzene rings is 2. The number of ether oxygens (including phenoxy) is 2. The molecule has 9 heteroatoms. The second-order valence-electron chi connectivity index (χ2n) is 5.33. The van der Waals surface area contributed by atoms with Gasteiger partial charge in [0.2, 0.25) is 5.96 Å². The van der Waals surface area contributed by atoms with E-state index in [1.165, 1.54) is 0 Å². The zero-order valence-electron chi connectivity index (χ0n) is 13.6. The van der Waals surface area contributed by atoms with Crippen LogP contribution >= 0.6 is 11.6 Å². The van der Waals surface area contributed by atoms with Gasteiger partial charge in [-0.15, -0.1) is 0 Å². The number of rotatable bonds is 3. The van der Waals surface area contributed by atoms with Crippen molar-refractivity contribution in [3.05, 3.63) is 52.5 Å². The molecular weight excluding hydrogens is 358 g/mol. The Kier molecular flexibility index (Phi) is 4.94. The Morgan fingerprint density at radius 3 is 2.31 bits per heavy atom. The number of aliphatic imine (C=N–C) groups is 2. The first-order valence-corrected chi connectivity index (χ1v) is 8.00. The molecule has 0 spiro atoms. The Morgan fingerprint density at radius 2 is 1.65 bits per heavy atom. The third-order valence-electron chi connectivity index (χ3n) is 3.50. The standard InChI is InChI=1S/C17H16ClN5O3/c18-11-4-2-1-3-9(11)15(24)10-7-13-14(26-6-5-25-13)8-12(10)22-17(21)23-16(19)20/h1-4,7-8H,5-6H2,(H6,19,20,21,22,23). The number of guanidine groups is 2. The highest BCUT2D eigenvalue weighted by molar-refractivity contribution is 6.35. The first kappa shape index (κ1) is 17.6. The second-order valence-corrected chi connectivity index (χ2v) is 5.74. The number of ketones is 1. The Morgan fingerprint density at radius 1 is 1.00 bits per heavy atom. The summed E-state index contributed by atoms with van der Waals surface area (Å²) in [6.45, 7) is 0.767. The Labute approximate surface area is 154 Å². The van der Waals surface area contributed by atoms with Crippen molar-refractivity contribution < 1.29 is 14.3 Å². The van der Waals surface area contributed by atoms with E-state index in [0.717, 1.165) is 0 Å². The third-order valence-corrected chi connectivity index (χ3v) is 3.83. The summed E-state index contributed by atoms with van der Waals surface area (Å²) >= 11 is 6.15. The van der Waals surface area contributed by atoms with Crippen LogP contribution in [0.1, 0.15) is 15.9 Å². The van der Waals surface area contributed by atoms with E-state index in [1.807, 2.05) is 0 Å². The van der Waals surface area contributed by atoms with Crippen LogP contribution in [0.5, 0.6) is 11.5 Å². The Hall–Kier alpha value is -3.26. The molecule has 0 aromatic heterocycles. The predicted octanol–water partition coefficient (Wildman–Crippen LogP) is 1.56. The van der Waals surface area contributed by atoms with Crippen LogP contribution in [-0.4, -0.2) is 30.9 Å². The van der Waals surface area contributed by atoms with E-state index in [9.17, 15) is 4.79 Å². The molecule has 2 aromatic rings. The van der Waals surface area contributed by atoms with E-state index in [2.05, 4.69) is 9.98 Å². The van der Waals surface area contributed by atoms with Gasteiger partial charge in [0, 0.05) is 11.6 Å². The molecular formula is C17H16ClN5O3. The number of halogens is 1. The number of carbonyl (C=O) groups excluding carboxylic acids is 1. The molecule has 6 N–H and O–H groups in total. The Balaban J connectivity index is 2.14. The van der Waals surface area contributed by atoms with Gasteiger partial charge in [-0.25, -0.2) is 4.99 Å². The molecule has 2 aromatic carbocycles. The fourth-order valence-electron chi connectivity index (χ4n) is 2.42. The number of hydrogen-bond donors (Lipinski definition) is 3. The molecule has 0 radical (unpaired) electrons. The quantitative estimate of drug-likeness (QED) is 0.424. The summed E-state index contributed by atoms with van der Waals surface area (Å²) in [4.78, 5) is 20.8. The lowest BCUT2D eigenvalue weighted by Crippen LogP contribution is -2.26. The van der Waals surface area contributed by atoms with Crippen molar-refractivity contribution in [2.45, 2.75) is 0 Å². The van der Waals surface area contributed by atoms with Crippen LogP contribution in [0.25, 0.3) is 0 Å². The predicted molar refractivity (Wildman–Crippen MR) is 99.4 cm³/mol. The van der Waals surface area contributed by atoms with Crippen molar-refractivity contribution in [1.29, 1.82) is 0 Å². The summed E-state index contributed by atoms with van der Waals surface area (Å²) in [6, 6.07) is 9.79. The largest absolute Gasteiger partial charge is 0.486 e. The molecule has 1 aliphatic rings. The van der Waals surface area contributed by atoms with E-state index >= 15 is 0 Å². The van der Waals surface area contributed by atoms with Crippen molar-refractivity contribution in [2.24, 2.45) is 27.2 Å². The van der Waals surface area contributed by atoms with Crippen LogP contribution in [0.4, 0.5) is 5.69 Å². The molecule has 0 fully saturated rings. The minimum absolute atomic E-state index is 0.199. The minimum atomic E-state index is -0.344. The molecule has 0 amide bonds.